The Hall–Kier alpha value is -3.21. The van der Waals surface area contributed by atoms with Gasteiger partial charge in [-0.2, -0.15) is 4.31 Å². The maximum atomic E-state index is 13.0. The number of sulfonamides is 1. The molecule has 0 aliphatic rings. The molecule has 0 spiro atoms. The van der Waals surface area contributed by atoms with E-state index in [9.17, 15) is 18.0 Å². The summed E-state index contributed by atoms with van der Waals surface area (Å²) in [5.41, 5.74) is 2.71. The van der Waals surface area contributed by atoms with Crippen molar-refractivity contribution in [2.24, 2.45) is 0 Å². The molecule has 3 rings (SSSR count). The molecular formula is C28H32BrN3O5S. The van der Waals surface area contributed by atoms with Crippen molar-refractivity contribution in [1.82, 2.24) is 9.21 Å². The van der Waals surface area contributed by atoms with Crippen LogP contribution >= 0.6 is 15.9 Å². The van der Waals surface area contributed by atoms with Gasteiger partial charge in [0.25, 0.3) is 0 Å². The zero-order valence-electron chi connectivity index (χ0n) is 22.1. The number of likely N-dealkylation sites (N-methyl/N-ethyl adjacent to an activating group) is 1. The number of nitrogens with one attached hydrogen (secondary N) is 1. The first kappa shape index (κ1) is 29.3. The quantitative estimate of drug-likeness (QED) is 0.327. The number of carbonyl (C=O) groups excluding carboxylic acids is 2. The second kappa shape index (κ2) is 12.6. The van der Waals surface area contributed by atoms with Gasteiger partial charge in [0.2, 0.25) is 10.0 Å². The fourth-order valence-electron chi connectivity index (χ4n) is 3.77. The van der Waals surface area contributed by atoms with Gasteiger partial charge in [-0.25, -0.2) is 8.42 Å². The molecular weight excluding hydrogens is 570 g/mol. The number of anilines is 1. The summed E-state index contributed by atoms with van der Waals surface area (Å²) in [4.78, 5) is 27.2. The van der Waals surface area contributed by atoms with E-state index in [-0.39, 0.29) is 17.1 Å². The molecule has 0 bridgehead atoms. The Balaban J connectivity index is 1.77. The summed E-state index contributed by atoms with van der Waals surface area (Å²) >= 11 is 3.45. The molecule has 0 saturated carbocycles. The first-order valence-corrected chi connectivity index (χ1v) is 14.4. The number of hydrogen-bond acceptors (Lipinski definition) is 5. The molecule has 0 aromatic heterocycles. The van der Waals surface area contributed by atoms with Gasteiger partial charge < -0.3 is 15.0 Å². The van der Waals surface area contributed by atoms with Gasteiger partial charge in [-0.3, -0.25) is 9.59 Å². The van der Waals surface area contributed by atoms with Gasteiger partial charge in [-0.1, -0.05) is 59.6 Å². The first-order chi connectivity index (χ1) is 18.0. The van der Waals surface area contributed by atoms with Gasteiger partial charge in [-0.15, -0.1) is 0 Å². The predicted molar refractivity (Wildman–Crippen MR) is 152 cm³/mol. The molecule has 202 valence electrons. The summed E-state index contributed by atoms with van der Waals surface area (Å²) < 4.78 is 34.0. The van der Waals surface area contributed by atoms with Crippen molar-refractivity contribution in [2.45, 2.75) is 39.1 Å². The number of carbonyl (C=O) groups is 2. The average molecular weight is 603 g/mol. The fraction of sp³-hybridized carbons (Fsp3) is 0.286. The van der Waals surface area contributed by atoms with E-state index in [2.05, 4.69) is 21.2 Å². The van der Waals surface area contributed by atoms with Gasteiger partial charge in [0.05, 0.1) is 4.90 Å². The van der Waals surface area contributed by atoms with Crippen LogP contribution in [0.3, 0.4) is 0 Å². The summed E-state index contributed by atoms with van der Waals surface area (Å²) in [6, 6.07) is 17.6. The Morgan fingerprint density at radius 1 is 0.947 bits per heavy atom. The average Bonchev–Trinajstić information content (AvgIpc) is 2.88. The zero-order chi connectivity index (χ0) is 28.0. The minimum atomic E-state index is -3.72. The number of aryl methyl sites for hydroxylation is 2. The standard InChI is InChI=1S/C28H32BrN3O5S/c1-6-32(7-2)38(35,36)24-15-10-20(4)25(17-24)30-27(33)28(34)31(5)18-21-11-12-22(29)16-26(21)37-23-13-8-19(3)9-14-23/h8-17H,6-7,18H2,1-5H3,(H,30,33). The van der Waals surface area contributed by atoms with Crippen LogP contribution in [0.5, 0.6) is 11.5 Å². The molecule has 0 saturated heterocycles. The predicted octanol–water partition coefficient (Wildman–Crippen LogP) is 5.49. The number of hydrogen-bond donors (Lipinski definition) is 1. The van der Waals surface area contributed by atoms with Gasteiger partial charge in [0.1, 0.15) is 11.5 Å². The highest BCUT2D eigenvalue weighted by molar-refractivity contribution is 9.10. The number of amides is 2. The van der Waals surface area contributed by atoms with Gasteiger partial charge in [0, 0.05) is 42.4 Å². The molecule has 10 heteroatoms. The van der Waals surface area contributed by atoms with E-state index in [1.165, 1.54) is 28.4 Å². The maximum Gasteiger partial charge on any atom is 0.313 e. The first-order valence-electron chi connectivity index (χ1n) is 12.2. The lowest BCUT2D eigenvalue weighted by atomic mass is 10.1. The number of nitrogens with zero attached hydrogens (tertiary/aromatic N) is 2. The third-order valence-electron chi connectivity index (χ3n) is 6.03. The van der Waals surface area contributed by atoms with Gasteiger partial charge >= 0.3 is 11.8 Å². The SMILES string of the molecule is CCN(CC)S(=O)(=O)c1ccc(C)c(NC(=O)C(=O)N(C)Cc2ccc(Br)cc2Oc2ccc(C)cc2)c1. The van der Waals surface area contributed by atoms with Crippen LogP contribution in [0.4, 0.5) is 5.69 Å². The minimum Gasteiger partial charge on any atom is -0.457 e. The van der Waals surface area contributed by atoms with Gasteiger partial charge in [-0.05, 0) is 55.8 Å². The van der Waals surface area contributed by atoms with Crippen LogP contribution in [-0.2, 0) is 26.2 Å². The normalized spacial score (nSPS) is 11.3. The molecule has 0 aliphatic heterocycles. The fourth-order valence-corrected chi connectivity index (χ4v) is 5.60. The molecule has 8 nitrogen and oxygen atoms in total. The molecule has 0 heterocycles. The second-order valence-electron chi connectivity index (χ2n) is 8.85. The van der Waals surface area contributed by atoms with E-state index in [1.807, 2.05) is 43.3 Å². The van der Waals surface area contributed by atoms with Gasteiger partial charge in [0.15, 0.2) is 0 Å². The van der Waals surface area contributed by atoms with E-state index < -0.39 is 21.8 Å². The summed E-state index contributed by atoms with van der Waals surface area (Å²) in [7, 11) is -2.20. The maximum absolute atomic E-state index is 13.0. The van der Waals surface area contributed by atoms with Crippen LogP contribution in [0.2, 0.25) is 0 Å². The van der Waals surface area contributed by atoms with E-state index >= 15 is 0 Å². The highest BCUT2D eigenvalue weighted by Crippen LogP contribution is 2.30. The lowest BCUT2D eigenvalue weighted by Gasteiger charge is -2.21. The Bertz CT molecular complexity index is 1420. The molecule has 0 aliphatic carbocycles. The molecule has 0 unspecified atom stereocenters. The second-order valence-corrected chi connectivity index (χ2v) is 11.7. The van der Waals surface area contributed by atoms with Crippen LogP contribution in [0.1, 0.15) is 30.5 Å². The molecule has 0 fully saturated rings. The number of ether oxygens (including phenoxy) is 1. The van der Waals surface area contributed by atoms with Crippen molar-refractivity contribution < 1.29 is 22.7 Å². The van der Waals surface area contributed by atoms with Crippen molar-refractivity contribution in [3.8, 4) is 11.5 Å². The summed E-state index contributed by atoms with van der Waals surface area (Å²) in [5.74, 6) is -0.443. The van der Waals surface area contributed by atoms with Crippen LogP contribution in [-0.4, -0.2) is 49.6 Å². The number of benzene rings is 3. The monoisotopic (exact) mass is 601 g/mol. The highest BCUT2D eigenvalue weighted by atomic mass is 79.9. The van der Waals surface area contributed by atoms with Crippen LogP contribution in [0, 0.1) is 13.8 Å². The van der Waals surface area contributed by atoms with Crippen LogP contribution in [0.25, 0.3) is 0 Å². The molecule has 3 aromatic rings. The zero-order valence-corrected chi connectivity index (χ0v) is 24.5. The number of rotatable bonds is 9. The van der Waals surface area contributed by atoms with Crippen molar-refractivity contribution >= 4 is 43.5 Å². The smallest absolute Gasteiger partial charge is 0.313 e. The molecule has 0 radical (unpaired) electrons. The molecule has 38 heavy (non-hydrogen) atoms. The van der Waals surface area contributed by atoms with Crippen molar-refractivity contribution in [2.75, 3.05) is 25.5 Å². The third kappa shape index (κ3) is 7.00. The van der Waals surface area contributed by atoms with E-state index in [0.29, 0.717) is 35.7 Å². The van der Waals surface area contributed by atoms with E-state index in [4.69, 9.17) is 4.74 Å². The van der Waals surface area contributed by atoms with Crippen molar-refractivity contribution in [3.63, 3.8) is 0 Å². The minimum absolute atomic E-state index is 0.0515. The Labute approximate surface area is 232 Å². The molecule has 3 aromatic carbocycles. The Morgan fingerprint density at radius 2 is 1.61 bits per heavy atom. The molecule has 2 amide bonds. The van der Waals surface area contributed by atoms with Crippen molar-refractivity contribution in [3.05, 3.63) is 81.8 Å². The highest BCUT2D eigenvalue weighted by Gasteiger charge is 2.25. The largest absolute Gasteiger partial charge is 0.457 e. The Morgan fingerprint density at radius 3 is 2.24 bits per heavy atom. The lowest BCUT2D eigenvalue weighted by Crippen LogP contribution is -2.37. The lowest BCUT2D eigenvalue weighted by molar-refractivity contribution is -0.142. The topological polar surface area (TPSA) is 96.0 Å². The van der Waals surface area contributed by atoms with E-state index in [1.54, 1.807) is 32.9 Å². The molecule has 1 N–H and O–H groups in total. The third-order valence-corrected chi connectivity index (χ3v) is 8.57. The van der Waals surface area contributed by atoms with Crippen molar-refractivity contribution in [1.29, 1.82) is 0 Å². The van der Waals surface area contributed by atoms with Crippen LogP contribution in [0.15, 0.2) is 70.0 Å². The summed E-state index contributed by atoms with van der Waals surface area (Å²) in [6.45, 7) is 8.00. The summed E-state index contributed by atoms with van der Waals surface area (Å²) in [6.07, 6.45) is 0. The molecule has 0 atom stereocenters. The Kier molecular flexibility index (Phi) is 9.70. The summed E-state index contributed by atoms with van der Waals surface area (Å²) in [5, 5.41) is 2.58. The number of halogens is 1. The van der Waals surface area contributed by atoms with Crippen LogP contribution < -0.4 is 10.1 Å². The van der Waals surface area contributed by atoms with E-state index in [0.717, 1.165) is 10.0 Å².